The summed E-state index contributed by atoms with van der Waals surface area (Å²) in [6.45, 7) is 7.76. The number of allylic oxidation sites excluding steroid dienone is 7. The molecule has 0 aromatic heterocycles. The van der Waals surface area contributed by atoms with Gasteiger partial charge in [0.1, 0.15) is 12.0 Å². The van der Waals surface area contributed by atoms with Gasteiger partial charge in [0.15, 0.2) is 5.82 Å². The average molecular weight is 590 g/mol. The highest BCUT2D eigenvalue weighted by Gasteiger charge is 2.13. The van der Waals surface area contributed by atoms with Crippen LogP contribution in [0.15, 0.2) is 99.3 Å². The van der Waals surface area contributed by atoms with E-state index >= 15 is 0 Å². The third-order valence-electron chi connectivity index (χ3n) is 6.79. The second-order valence-corrected chi connectivity index (χ2v) is 10.7. The van der Waals surface area contributed by atoms with E-state index < -0.39 is 0 Å². The minimum atomic E-state index is 0.194. The Labute approximate surface area is 254 Å². The molecule has 9 heteroatoms. The van der Waals surface area contributed by atoms with Crippen LogP contribution in [0.25, 0.3) is 0 Å². The van der Waals surface area contributed by atoms with Crippen molar-refractivity contribution in [1.82, 2.24) is 4.72 Å². The molecule has 0 amide bonds. The van der Waals surface area contributed by atoms with Crippen LogP contribution >= 0.6 is 11.9 Å². The molecule has 2 aromatic carbocycles. The summed E-state index contributed by atoms with van der Waals surface area (Å²) in [5, 5.41) is 9.87. The normalized spacial score (nSPS) is 18.4. The van der Waals surface area contributed by atoms with E-state index in [2.05, 4.69) is 64.9 Å². The van der Waals surface area contributed by atoms with Gasteiger partial charge in [-0.3, -0.25) is 0 Å². The highest BCUT2D eigenvalue weighted by molar-refractivity contribution is 7.97. The van der Waals surface area contributed by atoms with Gasteiger partial charge in [-0.2, -0.15) is 0 Å². The maximum absolute atomic E-state index is 9.93. The molecule has 1 atom stereocenters. The fourth-order valence-electron chi connectivity index (χ4n) is 4.12. The van der Waals surface area contributed by atoms with E-state index in [0.717, 1.165) is 76.2 Å². The highest BCUT2D eigenvalue weighted by atomic mass is 32.2. The molecule has 2 aromatic rings. The molecule has 42 heavy (non-hydrogen) atoms. The second-order valence-electron chi connectivity index (χ2n) is 9.80. The summed E-state index contributed by atoms with van der Waals surface area (Å²) in [6.07, 6.45) is 11.1. The SMILES string of the molecule is CC\C(C)=C1/C=CC=C/C1=N/C(NSc1cccc(NC)c1)=C(\C)Nc1cc(NC)cc(OC)c1.O=CC1CCOC1. The van der Waals surface area contributed by atoms with E-state index in [1.54, 1.807) is 7.11 Å². The van der Waals surface area contributed by atoms with Gasteiger partial charge in [-0.05, 0) is 74.6 Å². The number of aldehydes is 1. The van der Waals surface area contributed by atoms with Crippen LogP contribution in [0.2, 0.25) is 0 Å². The Balaban J connectivity index is 0.000000603. The molecule has 0 spiro atoms. The third-order valence-corrected chi connectivity index (χ3v) is 7.58. The maximum atomic E-state index is 9.93. The number of nitrogens with zero attached hydrogens (tertiary/aromatic N) is 1. The van der Waals surface area contributed by atoms with Gasteiger partial charge in [0, 0.05) is 60.7 Å². The Morgan fingerprint density at radius 1 is 1.07 bits per heavy atom. The predicted molar refractivity (Wildman–Crippen MR) is 178 cm³/mol. The molecule has 1 unspecified atom stereocenters. The van der Waals surface area contributed by atoms with E-state index in [0.29, 0.717) is 6.61 Å². The molecule has 0 bridgehead atoms. The number of anilines is 3. The lowest BCUT2D eigenvalue weighted by atomic mass is 9.98. The first kappa shape index (κ1) is 32.6. The van der Waals surface area contributed by atoms with Crippen molar-refractivity contribution >= 4 is 41.0 Å². The third kappa shape index (κ3) is 9.85. The molecular weight excluding hydrogens is 546 g/mol. The molecule has 0 saturated carbocycles. The number of benzene rings is 2. The van der Waals surface area contributed by atoms with Crippen LogP contribution in [0.3, 0.4) is 0 Å². The lowest BCUT2D eigenvalue weighted by Gasteiger charge is -2.17. The Bertz CT molecular complexity index is 1330. The summed E-state index contributed by atoms with van der Waals surface area (Å²) in [5.74, 6) is 1.71. The van der Waals surface area contributed by atoms with Crippen LogP contribution in [0.1, 0.15) is 33.6 Å². The maximum Gasteiger partial charge on any atom is 0.156 e. The lowest BCUT2D eigenvalue weighted by molar-refractivity contribution is -0.111. The van der Waals surface area contributed by atoms with Crippen molar-refractivity contribution in [3.05, 3.63) is 89.4 Å². The van der Waals surface area contributed by atoms with Gasteiger partial charge >= 0.3 is 0 Å². The lowest BCUT2D eigenvalue weighted by Crippen LogP contribution is -2.13. The molecule has 1 aliphatic heterocycles. The van der Waals surface area contributed by atoms with E-state index in [1.165, 1.54) is 17.5 Å². The zero-order chi connectivity index (χ0) is 30.3. The number of nitrogens with one attached hydrogen (secondary N) is 4. The summed E-state index contributed by atoms with van der Waals surface area (Å²) < 4.78 is 13.9. The van der Waals surface area contributed by atoms with E-state index in [9.17, 15) is 4.79 Å². The topological polar surface area (TPSA) is 96.0 Å². The van der Waals surface area contributed by atoms with Gasteiger partial charge in [-0.25, -0.2) is 4.99 Å². The van der Waals surface area contributed by atoms with Crippen LogP contribution in [0.5, 0.6) is 5.75 Å². The summed E-state index contributed by atoms with van der Waals surface area (Å²) in [5.41, 5.74) is 7.21. The van der Waals surface area contributed by atoms with Crippen LogP contribution in [-0.2, 0) is 9.53 Å². The van der Waals surface area contributed by atoms with Crippen molar-refractivity contribution < 1.29 is 14.3 Å². The van der Waals surface area contributed by atoms with Crippen molar-refractivity contribution in [2.24, 2.45) is 10.9 Å². The van der Waals surface area contributed by atoms with Gasteiger partial charge in [0.05, 0.1) is 25.1 Å². The highest BCUT2D eigenvalue weighted by Crippen LogP contribution is 2.27. The zero-order valence-corrected chi connectivity index (χ0v) is 26.2. The van der Waals surface area contributed by atoms with Crippen molar-refractivity contribution in [3.8, 4) is 5.75 Å². The molecule has 1 saturated heterocycles. The molecule has 224 valence electrons. The largest absolute Gasteiger partial charge is 0.497 e. The number of carbonyl (C=O) groups is 1. The summed E-state index contributed by atoms with van der Waals surface area (Å²) in [7, 11) is 5.48. The molecule has 1 aliphatic carbocycles. The molecule has 8 nitrogen and oxygen atoms in total. The van der Waals surface area contributed by atoms with Crippen LogP contribution < -0.4 is 25.4 Å². The monoisotopic (exact) mass is 589 g/mol. The van der Waals surface area contributed by atoms with Gasteiger partial charge in [-0.1, -0.05) is 36.8 Å². The number of rotatable bonds is 11. The Kier molecular flexibility index (Phi) is 13.3. The van der Waals surface area contributed by atoms with Gasteiger partial charge < -0.3 is 34.9 Å². The summed E-state index contributed by atoms with van der Waals surface area (Å²) >= 11 is 1.53. The zero-order valence-electron chi connectivity index (χ0n) is 25.4. The molecule has 1 heterocycles. The molecule has 0 radical (unpaired) electrons. The first-order chi connectivity index (χ1) is 20.4. The minimum Gasteiger partial charge on any atom is -0.497 e. The fourth-order valence-corrected chi connectivity index (χ4v) is 4.86. The van der Waals surface area contributed by atoms with Crippen LogP contribution in [-0.4, -0.2) is 46.4 Å². The minimum absolute atomic E-state index is 0.194. The molecule has 4 rings (SSSR count). The van der Waals surface area contributed by atoms with Crippen molar-refractivity contribution in [3.63, 3.8) is 0 Å². The van der Waals surface area contributed by atoms with E-state index in [1.807, 2.05) is 57.4 Å². The molecule has 2 aliphatic rings. The van der Waals surface area contributed by atoms with Crippen LogP contribution in [0.4, 0.5) is 17.1 Å². The van der Waals surface area contributed by atoms with Gasteiger partial charge in [-0.15, -0.1) is 0 Å². The fraction of sp³-hybridized carbons (Fsp3) is 0.333. The number of aliphatic imine (C=N–C) groups is 1. The summed E-state index contributed by atoms with van der Waals surface area (Å²) in [6, 6.07) is 14.2. The van der Waals surface area contributed by atoms with Crippen LogP contribution in [0, 0.1) is 5.92 Å². The first-order valence-electron chi connectivity index (χ1n) is 14.1. The molecule has 4 N–H and O–H groups in total. The summed E-state index contributed by atoms with van der Waals surface area (Å²) in [4.78, 5) is 16.1. The van der Waals surface area contributed by atoms with Crippen molar-refractivity contribution in [2.75, 3.05) is 50.4 Å². The van der Waals surface area contributed by atoms with Crippen molar-refractivity contribution in [2.45, 2.75) is 38.5 Å². The smallest absolute Gasteiger partial charge is 0.156 e. The van der Waals surface area contributed by atoms with Gasteiger partial charge in [0.25, 0.3) is 0 Å². The number of ether oxygens (including phenoxy) is 2. The quantitative estimate of drug-likeness (QED) is 0.162. The molecule has 1 fully saturated rings. The standard InChI is InChI=1S/C28H35N5OS.C5H8O2/c1-7-19(2)26-13-8-9-14-27(26)32-28(33-35-25-12-10-11-21(18-25)29-4)20(3)31-23-15-22(30-5)16-24(17-23)34-6;6-3-5-1-2-7-4-5/h8-18,29-31,33H,7H2,1-6H3;3,5H,1-2,4H2/b26-19+,28-20-,32-27-;. The number of hydrogen-bond donors (Lipinski definition) is 4. The van der Waals surface area contributed by atoms with E-state index in [4.69, 9.17) is 14.5 Å². The predicted octanol–water partition coefficient (Wildman–Crippen LogP) is 7.19. The first-order valence-corrected chi connectivity index (χ1v) is 14.9. The van der Waals surface area contributed by atoms with E-state index in [-0.39, 0.29) is 5.92 Å². The number of carbonyl (C=O) groups excluding carboxylic acids is 1. The Hall–Kier alpha value is -3.95. The van der Waals surface area contributed by atoms with Crippen molar-refractivity contribution in [1.29, 1.82) is 0 Å². The van der Waals surface area contributed by atoms with Gasteiger partial charge in [0.2, 0.25) is 0 Å². The number of methoxy groups -OCH3 is 1. The molecular formula is C33H43N5O3S. The number of hydrogen-bond acceptors (Lipinski definition) is 9. The Morgan fingerprint density at radius 2 is 1.83 bits per heavy atom. The average Bonchev–Trinajstić information content (AvgIpc) is 3.57. The second kappa shape index (κ2) is 17.1. The Morgan fingerprint density at radius 3 is 2.48 bits per heavy atom.